The first-order valence-corrected chi connectivity index (χ1v) is 27.1. The fraction of sp³-hybridized carbons (Fsp3) is 0.516. The minimum atomic E-state index is 0.711. The van der Waals surface area contributed by atoms with Crippen LogP contribution in [-0.4, -0.2) is 39.6 Å². The molecule has 68 heavy (non-hydrogen) atoms. The van der Waals surface area contributed by atoms with Gasteiger partial charge in [-0.1, -0.05) is 135 Å². The van der Waals surface area contributed by atoms with Crippen molar-refractivity contribution in [1.29, 1.82) is 0 Å². The van der Waals surface area contributed by atoms with Gasteiger partial charge < -0.3 is 27.8 Å². The number of fused-ring (bicyclic) bond motifs is 7. The SMILES string of the molecule is CCCCCCCCOc1cc(OCCCCCCCC)cc(-c2ccc3c(c2)oc2c3ccc3c4ccc(-c5cc(CCCCOCCCC)cc(CCCCOCCCC)c5)cc4oc32)c1. The van der Waals surface area contributed by atoms with E-state index in [1.165, 1.54) is 99.3 Å². The first kappa shape index (κ1) is 51.1. The van der Waals surface area contributed by atoms with Gasteiger partial charge >= 0.3 is 0 Å². The van der Waals surface area contributed by atoms with Crippen molar-refractivity contribution in [2.75, 3.05) is 39.6 Å². The third-order valence-electron chi connectivity index (χ3n) is 13.5. The molecule has 7 rings (SSSR count). The predicted molar refractivity (Wildman–Crippen MR) is 287 cm³/mol. The van der Waals surface area contributed by atoms with E-state index in [0.29, 0.717) is 13.2 Å². The van der Waals surface area contributed by atoms with Gasteiger partial charge in [-0.15, -0.1) is 0 Å². The molecule has 2 heterocycles. The van der Waals surface area contributed by atoms with E-state index in [1.807, 2.05) is 0 Å². The highest BCUT2D eigenvalue weighted by atomic mass is 16.5. The number of hydrogen-bond acceptors (Lipinski definition) is 6. The molecule has 0 radical (unpaired) electrons. The van der Waals surface area contributed by atoms with E-state index in [0.717, 1.165) is 157 Å². The molecule has 7 aromatic rings. The van der Waals surface area contributed by atoms with Gasteiger partial charge in [0.05, 0.1) is 13.2 Å². The maximum absolute atomic E-state index is 6.80. The summed E-state index contributed by atoms with van der Waals surface area (Å²) in [7, 11) is 0. The molecule has 6 nitrogen and oxygen atoms in total. The van der Waals surface area contributed by atoms with Gasteiger partial charge in [0.25, 0.3) is 0 Å². The molecule has 366 valence electrons. The molecule has 0 saturated heterocycles. The van der Waals surface area contributed by atoms with E-state index in [9.17, 15) is 0 Å². The van der Waals surface area contributed by atoms with Crippen molar-refractivity contribution >= 4 is 43.9 Å². The lowest BCUT2D eigenvalue weighted by Crippen LogP contribution is -2.01. The number of unbranched alkanes of at least 4 members (excludes halogenated alkanes) is 14. The molecule has 5 aromatic carbocycles. The molecule has 0 spiro atoms. The quantitative estimate of drug-likeness (QED) is 0.0375. The van der Waals surface area contributed by atoms with Crippen LogP contribution in [0.3, 0.4) is 0 Å². The van der Waals surface area contributed by atoms with Gasteiger partial charge in [-0.3, -0.25) is 0 Å². The first-order valence-electron chi connectivity index (χ1n) is 27.1. The topological polar surface area (TPSA) is 63.2 Å². The average molecular weight is 923 g/mol. The highest BCUT2D eigenvalue weighted by Gasteiger charge is 2.18. The summed E-state index contributed by atoms with van der Waals surface area (Å²) in [6.45, 7) is 13.8. The van der Waals surface area contributed by atoms with Crippen LogP contribution in [0, 0.1) is 0 Å². The van der Waals surface area contributed by atoms with Crippen molar-refractivity contribution in [2.24, 2.45) is 0 Å². The van der Waals surface area contributed by atoms with Crippen LogP contribution in [-0.2, 0) is 22.3 Å². The summed E-state index contributed by atoms with van der Waals surface area (Å²) >= 11 is 0. The lowest BCUT2D eigenvalue weighted by atomic mass is 9.95. The summed E-state index contributed by atoms with van der Waals surface area (Å²) in [6, 6.07) is 31.2. The highest BCUT2D eigenvalue weighted by molar-refractivity contribution is 6.19. The van der Waals surface area contributed by atoms with E-state index in [1.54, 1.807) is 0 Å². The summed E-state index contributed by atoms with van der Waals surface area (Å²) in [4.78, 5) is 0. The van der Waals surface area contributed by atoms with Gasteiger partial charge in [-0.05, 0) is 146 Å². The van der Waals surface area contributed by atoms with Gasteiger partial charge in [0, 0.05) is 54.0 Å². The van der Waals surface area contributed by atoms with Gasteiger partial charge in [-0.25, -0.2) is 0 Å². The van der Waals surface area contributed by atoms with Gasteiger partial charge in [0.15, 0.2) is 11.2 Å². The van der Waals surface area contributed by atoms with Gasteiger partial charge in [0.2, 0.25) is 0 Å². The zero-order chi connectivity index (χ0) is 47.2. The molecule has 0 aliphatic heterocycles. The van der Waals surface area contributed by atoms with Crippen molar-refractivity contribution < 1.29 is 27.8 Å². The Morgan fingerprint density at radius 3 is 1.19 bits per heavy atom. The van der Waals surface area contributed by atoms with Crippen molar-refractivity contribution in [1.82, 2.24) is 0 Å². The average Bonchev–Trinajstić information content (AvgIpc) is 3.93. The molecule has 0 bridgehead atoms. The summed E-state index contributed by atoms with van der Waals surface area (Å²) in [5, 5.41) is 4.30. The second kappa shape index (κ2) is 28.0. The second-order valence-corrected chi connectivity index (χ2v) is 19.3. The maximum Gasteiger partial charge on any atom is 0.178 e. The molecule has 0 aliphatic carbocycles. The molecule has 0 aliphatic rings. The van der Waals surface area contributed by atoms with Crippen molar-refractivity contribution in [3.05, 3.63) is 96.1 Å². The fourth-order valence-corrected chi connectivity index (χ4v) is 9.46. The van der Waals surface area contributed by atoms with Crippen LogP contribution in [0.25, 0.3) is 66.1 Å². The molecular weight excluding hydrogens is 841 g/mol. The Balaban J connectivity index is 1.12. The van der Waals surface area contributed by atoms with Gasteiger partial charge in [0.1, 0.15) is 22.7 Å². The number of furan rings is 2. The minimum Gasteiger partial charge on any atom is -0.493 e. The number of rotatable bonds is 34. The van der Waals surface area contributed by atoms with E-state index >= 15 is 0 Å². The maximum atomic E-state index is 6.80. The fourth-order valence-electron chi connectivity index (χ4n) is 9.46. The Bertz CT molecular complexity index is 2310. The van der Waals surface area contributed by atoms with Crippen molar-refractivity contribution in [3.8, 4) is 33.8 Å². The Morgan fingerprint density at radius 2 is 0.721 bits per heavy atom. The Kier molecular flexibility index (Phi) is 21.1. The van der Waals surface area contributed by atoms with Crippen LogP contribution in [0.2, 0.25) is 0 Å². The number of aryl methyl sites for hydroxylation is 2. The van der Waals surface area contributed by atoms with Crippen LogP contribution in [0.15, 0.2) is 93.8 Å². The van der Waals surface area contributed by atoms with Crippen LogP contribution in [0.4, 0.5) is 0 Å². The smallest absolute Gasteiger partial charge is 0.178 e. The largest absolute Gasteiger partial charge is 0.493 e. The van der Waals surface area contributed by atoms with Crippen LogP contribution in [0.5, 0.6) is 11.5 Å². The Labute approximate surface area is 408 Å². The summed E-state index contributed by atoms with van der Waals surface area (Å²) in [5.74, 6) is 1.72. The Hall–Kier alpha value is -4.78. The first-order chi connectivity index (χ1) is 33.6. The molecule has 0 unspecified atom stereocenters. The van der Waals surface area contributed by atoms with E-state index in [2.05, 4.69) is 113 Å². The van der Waals surface area contributed by atoms with Crippen molar-refractivity contribution in [3.63, 3.8) is 0 Å². The van der Waals surface area contributed by atoms with Gasteiger partial charge in [-0.2, -0.15) is 0 Å². The van der Waals surface area contributed by atoms with Crippen molar-refractivity contribution in [2.45, 2.75) is 169 Å². The predicted octanol–water partition coefficient (Wildman–Crippen LogP) is 18.6. The molecule has 2 aromatic heterocycles. The summed E-state index contributed by atoms with van der Waals surface area (Å²) < 4.78 is 38.1. The van der Waals surface area contributed by atoms with E-state index < -0.39 is 0 Å². The van der Waals surface area contributed by atoms with E-state index in [4.69, 9.17) is 27.8 Å². The summed E-state index contributed by atoms with van der Waals surface area (Å²) in [6.07, 6.45) is 25.9. The zero-order valence-corrected chi connectivity index (χ0v) is 42.3. The summed E-state index contributed by atoms with van der Waals surface area (Å²) in [5.41, 5.74) is 10.6. The third-order valence-corrected chi connectivity index (χ3v) is 13.5. The number of benzene rings is 5. The molecule has 0 fully saturated rings. The molecule has 0 saturated carbocycles. The lowest BCUT2D eigenvalue weighted by molar-refractivity contribution is 0.127. The highest BCUT2D eigenvalue weighted by Crippen LogP contribution is 2.41. The van der Waals surface area contributed by atoms with Crippen LogP contribution >= 0.6 is 0 Å². The molecule has 0 N–H and O–H groups in total. The van der Waals surface area contributed by atoms with Crippen LogP contribution in [0.1, 0.15) is 167 Å². The lowest BCUT2D eigenvalue weighted by Gasteiger charge is -2.13. The molecular formula is C62H82O6. The zero-order valence-electron chi connectivity index (χ0n) is 42.3. The molecule has 0 amide bonds. The molecule has 0 atom stereocenters. The van der Waals surface area contributed by atoms with E-state index in [-0.39, 0.29) is 0 Å². The van der Waals surface area contributed by atoms with Crippen LogP contribution < -0.4 is 9.47 Å². The molecule has 6 heteroatoms. The standard InChI is InChI=1S/C62H82O6/c1-5-9-13-15-17-21-37-65-53-42-52(43-54(46-53)66-38-22-18-16-14-10-6-2)50-28-30-56-58-32-31-57-55-29-27-49(44-59(55)67-61(57)62(58)68-60(56)45-50)51-40-47(25-19-23-35-63-33-11-7-3)39-48(41-51)26-20-24-36-64-34-12-8-4/h27-32,39-46H,5-26,33-38H2,1-4H3. The Morgan fingerprint density at radius 1 is 0.324 bits per heavy atom. The number of hydrogen-bond donors (Lipinski definition) is 0. The monoisotopic (exact) mass is 923 g/mol. The second-order valence-electron chi connectivity index (χ2n) is 19.3. The normalized spacial score (nSPS) is 11.8. The minimum absolute atomic E-state index is 0.711. The third kappa shape index (κ3) is 14.9. The number of ether oxygens (including phenoxy) is 4.